The number of rotatable bonds is 10. The molecule has 3 aromatic rings. The third-order valence-corrected chi connectivity index (χ3v) is 5.96. The Labute approximate surface area is 194 Å². The average molecular weight is 448 g/mol. The molecule has 0 unspecified atom stereocenters. The van der Waals surface area contributed by atoms with Gasteiger partial charge >= 0.3 is 0 Å². The second-order valence-electron chi connectivity index (χ2n) is 7.69. The predicted octanol–water partition coefficient (Wildman–Crippen LogP) is 4.85. The van der Waals surface area contributed by atoms with Crippen molar-refractivity contribution in [2.75, 3.05) is 16.8 Å². The van der Waals surface area contributed by atoms with Gasteiger partial charge in [0.05, 0.1) is 11.5 Å². The van der Waals surface area contributed by atoms with E-state index in [1.807, 2.05) is 48.2 Å². The van der Waals surface area contributed by atoms with Gasteiger partial charge in [0.1, 0.15) is 0 Å². The molecule has 0 spiro atoms. The number of thioether (sulfide) groups is 1. The Morgan fingerprint density at radius 1 is 0.906 bits per heavy atom. The summed E-state index contributed by atoms with van der Waals surface area (Å²) >= 11 is 1.33. The van der Waals surface area contributed by atoms with E-state index in [0.717, 1.165) is 28.8 Å². The molecule has 1 aromatic heterocycles. The fraction of sp³-hybridized carbons (Fsp3) is 0.269. The second-order valence-corrected chi connectivity index (χ2v) is 8.67. The number of aryl methyl sites for hydroxylation is 2. The topological polar surface area (TPSA) is 62.3 Å². The molecule has 0 aliphatic rings. The van der Waals surface area contributed by atoms with Crippen LogP contribution in [-0.2, 0) is 29.1 Å². The van der Waals surface area contributed by atoms with E-state index in [4.69, 9.17) is 0 Å². The molecule has 2 amide bonds. The van der Waals surface area contributed by atoms with Crippen molar-refractivity contribution < 1.29 is 9.59 Å². The van der Waals surface area contributed by atoms with Crippen LogP contribution < -0.4 is 5.32 Å². The second kappa shape index (κ2) is 12.1. The summed E-state index contributed by atoms with van der Waals surface area (Å²) in [7, 11) is 0. The predicted molar refractivity (Wildman–Crippen MR) is 131 cm³/mol. The number of pyridine rings is 1. The van der Waals surface area contributed by atoms with Crippen molar-refractivity contribution in [1.82, 2.24) is 9.88 Å². The van der Waals surface area contributed by atoms with Gasteiger partial charge in [0.15, 0.2) is 0 Å². The molecule has 2 aromatic carbocycles. The van der Waals surface area contributed by atoms with E-state index in [-0.39, 0.29) is 23.3 Å². The number of nitrogens with zero attached hydrogens (tertiary/aromatic N) is 2. The van der Waals surface area contributed by atoms with Crippen LogP contribution in [0.2, 0.25) is 0 Å². The molecule has 6 heteroatoms. The van der Waals surface area contributed by atoms with Crippen LogP contribution in [0.25, 0.3) is 0 Å². The minimum absolute atomic E-state index is 0.00144. The Morgan fingerprint density at radius 3 is 2.25 bits per heavy atom. The van der Waals surface area contributed by atoms with Crippen LogP contribution in [0.1, 0.15) is 29.2 Å². The molecular weight excluding hydrogens is 418 g/mol. The Balaban J connectivity index is 1.57. The van der Waals surface area contributed by atoms with Crippen molar-refractivity contribution in [3.63, 3.8) is 0 Å². The number of anilines is 1. The zero-order valence-corrected chi connectivity index (χ0v) is 19.4. The van der Waals surface area contributed by atoms with Crippen LogP contribution in [0, 0.1) is 6.92 Å². The van der Waals surface area contributed by atoms with E-state index in [1.54, 1.807) is 12.4 Å². The molecular formula is C26H29N3O2S. The first-order chi connectivity index (χ1) is 15.5. The molecule has 0 aliphatic heterocycles. The molecule has 1 N–H and O–H groups in total. The number of hydrogen-bond acceptors (Lipinski definition) is 4. The summed E-state index contributed by atoms with van der Waals surface area (Å²) in [5, 5.41) is 2.87. The molecule has 0 atom stereocenters. The average Bonchev–Trinajstić information content (AvgIpc) is 2.81. The van der Waals surface area contributed by atoms with Crippen molar-refractivity contribution >= 4 is 29.3 Å². The molecule has 0 saturated carbocycles. The monoisotopic (exact) mass is 447 g/mol. The lowest BCUT2D eigenvalue weighted by Crippen LogP contribution is -2.32. The lowest BCUT2D eigenvalue weighted by Gasteiger charge is -2.23. The number of nitrogens with one attached hydrogen (secondary N) is 1. The van der Waals surface area contributed by atoms with Gasteiger partial charge in [-0.2, -0.15) is 0 Å². The van der Waals surface area contributed by atoms with Gasteiger partial charge in [-0.25, -0.2) is 0 Å². The number of aromatic nitrogens is 1. The Morgan fingerprint density at radius 2 is 1.59 bits per heavy atom. The summed E-state index contributed by atoms with van der Waals surface area (Å²) in [5.41, 5.74) is 5.24. The summed E-state index contributed by atoms with van der Waals surface area (Å²) in [6.45, 7) is 5.13. The SMILES string of the molecule is CCc1ccc(CN(Cc2cccnc2)C(=O)CSCC(=O)Nc2ccc(C)cc2)cc1. The lowest BCUT2D eigenvalue weighted by atomic mass is 10.1. The minimum Gasteiger partial charge on any atom is -0.333 e. The van der Waals surface area contributed by atoms with Gasteiger partial charge in [0, 0.05) is 31.2 Å². The molecule has 3 rings (SSSR count). The summed E-state index contributed by atoms with van der Waals surface area (Å²) in [5.74, 6) is 0.363. The van der Waals surface area contributed by atoms with Crippen molar-refractivity contribution in [1.29, 1.82) is 0 Å². The fourth-order valence-corrected chi connectivity index (χ4v) is 3.92. The smallest absolute Gasteiger partial charge is 0.234 e. The zero-order chi connectivity index (χ0) is 22.8. The first kappa shape index (κ1) is 23.5. The molecule has 166 valence electrons. The summed E-state index contributed by atoms with van der Waals surface area (Å²) in [4.78, 5) is 31.2. The van der Waals surface area contributed by atoms with Crippen molar-refractivity contribution in [2.24, 2.45) is 0 Å². The fourth-order valence-electron chi connectivity index (χ4n) is 3.20. The number of carbonyl (C=O) groups excluding carboxylic acids is 2. The highest BCUT2D eigenvalue weighted by Crippen LogP contribution is 2.14. The summed E-state index contributed by atoms with van der Waals surface area (Å²) in [6.07, 6.45) is 4.49. The number of carbonyl (C=O) groups is 2. The maximum Gasteiger partial charge on any atom is 0.234 e. The standard InChI is InChI=1S/C26H29N3O2S/c1-3-21-8-10-22(11-9-21)16-29(17-23-5-4-14-27-15-23)26(31)19-32-18-25(30)28-24-12-6-20(2)7-13-24/h4-15H,3,16-19H2,1-2H3,(H,28,30). The van der Waals surface area contributed by atoms with E-state index in [9.17, 15) is 9.59 Å². The van der Waals surface area contributed by atoms with E-state index in [0.29, 0.717) is 13.1 Å². The van der Waals surface area contributed by atoms with E-state index >= 15 is 0 Å². The van der Waals surface area contributed by atoms with Crippen LogP contribution in [0.4, 0.5) is 5.69 Å². The molecule has 1 heterocycles. The Kier molecular flexibility index (Phi) is 8.87. The number of amides is 2. The molecule has 0 saturated heterocycles. The summed E-state index contributed by atoms with van der Waals surface area (Å²) in [6, 6.07) is 19.9. The first-order valence-electron chi connectivity index (χ1n) is 10.7. The van der Waals surface area contributed by atoms with Crippen molar-refractivity contribution in [3.05, 3.63) is 95.3 Å². The van der Waals surface area contributed by atoms with Crippen molar-refractivity contribution in [2.45, 2.75) is 33.4 Å². The van der Waals surface area contributed by atoms with Crippen LogP contribution in [0.5, 0.6) is 0 Å². The highest BCUT2D eigenvalue weighted by Gasteiger charge is 2.16. The number of benzene rings is 2. The van der Waals surface area contributed by atoms with E-state index in [1.165, 1.54) is 17.3 Å². The van der Waals surface area contributed by atoms with Gasteiger partial charge in [0.25, 0.3) is 0 Å². The van der Waals surface area contributed by atoms with Crippen LogP contribution >= 0.6 is 11.8 Å². The molecule has 0 aliphatic carbocycles. The normalized spacial score (nSPS) is 10.6. The van der Waals surface area contributed by atoms with Crippen LogP contribution in [-0.4, -0.2) is 33.2 Å². The maximum atomic E-state index is 13.0. The van der Waals surface area contributed by atoms with E-state index < -0.39 is 0 Å². The Hall–Kier alpha value is -3.12. The molecule has 0 bridgehead atoms. The molecule has 32 heavy (non-hydrogen) atoms. The summed E-state index contributed by atoms with van der Waals surface area (Å²) < 4.78 is 0. The molecule has 0 fully saturated rings. The molecule has 0 radical (unpaired) electrons. The van der Waals surface area contributed by atoms with Gasteiger partial charge in [-0.15, -0.1) is 11.8 Å². The third-order valence-electron chi connectivity index (χ3n) is 5.05. The van der Waals surface area contributed by atoms with Crippen LogP contribution in [0.3, 0.4) is 0 Å². The highest BCUT2D eigenvalue weighted by atomic mass is 32.2. The highest BCUT2D eigenvalue weighted by molar-refractivity contribution is 8.00. The largest absolute Gasteiger partial charge is 0.333 e. The first-order valence-corrected chi connectivity index (χ1v) is 11.9. The van der Waals surface area contributed by atoms with Gasteiger partial charge in [-0.05, 0) is 48.2 Å². The zero-order valence-electron chi connectivity index (χ0n) is 18.6. The van der Waals surface area contributed by atoms with Crippen molar-refractivity contribution in [3.8, 4) is 0 Å². The maximum absolute atomic E-state index is 13.0. The van der Waals surface area contributed by atoms with E-state index in [2.05, 4.69) is 41.5 Å². The van der Waals surface area contributed by atoms with Crippen LogP contribution in [0.15, 0.2) is 73.1 Å². The molecule has 5 nitrogen and oxygen atoms in total. The van der Waals surface area contributed by atoms with Gasteiger partial charge < -0.3 is 10.2 Å². The lowest BCUT2D eigenvalue weighted by molar-refractivity contribution is -0.129. The van der Waals surface area contributed by atoms with Gasteiger partial charge in [-0.3, -0.25) is 14.6 Å². The Bertz CT molecular complexity index is 1010. The third kappa shape index (κ3) is 7.54. The number of hydrogen-bond donors (Lipinski definition) is 1. The minimum atomic E-state index is -0.111. The quantitative estimate of drug-likeness (QED) is 0.482. The van der Waals surface area contributed by atoms with Gasteiger partial charge in [-0.1, -0.05) is 55.0 Å². The van der Waals surface area contributed by atoms with Gasteiger partial charge in [0.2, 0.25) is 11.8 Å².